The summed E-state index contributed by atoms with van der Waals surface area (Å²) in [7, 11) is 0. The first-order chi connectivity index (χ1) is 4.63. The van der Waals surface area contributed by atoms with Crippen LogP contribution in [0.3, 0.4) is 0 Å². The molecule has 0 aromatic heterocycles. The topological polar surface area (TPSA) is 0 Å². The van der Waals surface area contributed by atoms with Crippen LogP contribution in [0.15, 0.2) is 12.1 Å². The van der Waals surface area contributed by atoms with Crippen molar-refractivity contribution in [3.05, 3.63) is 41.3 Å². The van der Waals surface area contributed by atoms with Gasteiger partial charge in [-0.05, 0) is 18.6 Å². The fourth-order valence-corrected chi connectivity index (χ4v) is 0.750. The third-order valence-corrected chi connectivity index (χ3v) is 1.46. The summed E-state index contributed by atoms with van der Waals surface area (Å²) in [4.78, 5) is 0. The third kappa shape index (κ3) is 1.12. The Balaban J connectivity index is 3.34. The molecule has 0 fully saturated rings. The monoisotopic (exact) mass is 161 g/mol. The van der Waals surface area contributed by atoms with Gasteiger partial charge in [-0.15, -0.1) is 0 Å². The van der Waals surface area contributed by atoms with Gasteiger partial charge in [-0.2, -0.15) is 0 Å². The van der Waals surface area contributed by atoms with Crippen molar-refractivity contribution >= 4 is 11.6 Å². The number of hydrogen-bond donors (Lipinski definition) is 0. The first-order valence-electron chi connectivity index (χ1n) is 2.58. The van der Waals surface area contributed by atoms with Crippen molar-refractivity contribution in [2.45, 2.75) is 0 Å². The predicted octanol–water partition coefficient (Wildman–Crippen LogP) is 2.80. The highest BCUT2D eigenvalue weighted by molar-refractivity contribution is 6.30. The molecular weight excluding hydrogens is 158 g/mol. The van der Waals surface area contributed by atoms with Crippen LogP contribution < -0.4 is 0 Å². The average Bonchev–Trinajstić information content (AvgIpc) is 1.93. The second kappa shape index (κ2) is 2.54. The lowest BCUT2D eigenvalue weighted by Crippen LogP contribution is -1.86. The highest BCUT2D eigenvalue weighted by Crippen LogP contribution is 2.20. The molecule has 0 aliphatic heterocycles. The minimum absolute atomic E-state index is 0.103. The van der Waals surface area contributed by atoms with Gasteiger partial charge < -0.3 is 0 Å². The Morgan fingerprint density at radius 1 is 1.30 bits per heavy atom. The Morgan fingerprint density at radius 2 is 1.90 bits per heavy atom. The first kappa shape index (κ1) is 7.48. The fraction of sp³-hybridized carbons (Fsp3) is 0. The molecule has 1 aromatic carbocycles. The summed E-state index contributed by atoms with van der Waals surface area (Å²) in [6.45, 7) is 3.30. The largest absolute Gasteiger partial charge is 0.205 e. The standard InChI is InChI=1S/C7H4ClF2/c1-4-2-3-5(9)6(8)7(4)10/h2-3H,1H2. The van der Waals surface area contributed by atoms with Crippen LogP contribution in [-0.4, -0.2) is 0 Å². The zero-order chi connectivity index (χ0) is 7.72. The van der Waals surface area contributed by atoms with Gasteiger partial charge in [0.2, 0.25) is 0 Å². The van der Waals surface area contributed by atoms with E-state index >= 15 is 0 Å². The number of halogens is 3. The van der Waals surface area contributed by atoms with Crippen LogP contribution in [0.5, 0.6) is 0 Å². The molecule has 1 radical (unpaired) electrons. The molecule has 0 aliphatic rings. The third-order valence-electron chi connectivity index (χ3n) is 1.12. The molecule has 0 heterocycles. The molecule has 0 N–H and O–H groups in total. The minimum atomic E-state index is -0.790. The molecule has 0 atom stereocenters. The van der Waals surface area contributed by atoms with E-state index in [0.717, 1.165) is 6.07 Å². The minimum Gasteiger partial charge on any atom is -0.205 e. The van der Waals surface area contributed by atoms with Gasteiger partial charge in [0.25, 0.3) is 0 Å². The smallest absolute Gasteiger partial charge is 0.147 e. The van der Waals surface area contributed by atoms with Gasteiger partial charge in [0.15, 0.2) is 0 Å². The van der Waals surface area contributed by atoms with Crippen LogP contribution >= 0.6 is 11.6 Å². The van der Waals surface area contributed by atoms with E-state index in [1.54, 1.807) is 0 Å². The number of rotatable bonds is 0. The molecule has 1 rings (SSSR count). The Labute approximate surface area is 62.4 Å². The van der Waals surface area contributed by atoms with Gasteiger partial charge in [0.05, 0.1) is 0 Å². The maximum atomic E-state index is 12.6. The maximum absolute atomic E-state index is 12.6. The summed E-state index contributed by atoms with van der Waals surface area (Å²) < 4.78 is 24.9. The predicted molar refractivity (Wildman–Crippen MR) is 35.8 cm³/mol. The van der Waals surface area contributed by atoms with Crippen molar-refractivity contribution in [1.82, 2.24) is 0 Å². The summed E-state index contributed by atoms with van der Waals surface area (Å²) in [5, 5.41) is -0.493. The zero-order valence-corrected chi connectivity index (χ0v) is 5.75. The summed E-state index contributed by atoms with van der Waals surface area (Å²) in [5.41, 5.74) is 0.103. The van der Waals surface area contributed by atoms with Crippen LogP contribution in [-0.2, 0) is 0 Å². The summed E-state index contributed by atoms with van der Waals surface area (Å²) >= 11 is 5.19. The van der Waals surface area contributed by atoms with Gasteiger partial charge in [-0.25, -0.2) is 8.78 Å². The molecule has 0 aliphatic carbocycles. The normalized spacial score (nSPS) is 10.0. The molecule has 0 unspecified atom stereocenters. The lowest BCUT2D eigenvalue weighted by molar-refractivity contribution is 0.581. The van der Waals surface area contributed by atoms with E-state index in [-0.39, 0.29) is 5.56 Å². The fourth-order valence-electron chi connectivity index (χ4n) is 0.566. The molecule has 10 heavy (non-hydrogen) atoms. The van der Waals surface area contributed by atoms with Crippen molar-refractivity contribution in [2.24, 2.45) is 0 Å². The highest BCUT2D eigenvalue weighted by atomic mass is 35.5. The van der Waals surface area contributed by atoms with Crippen LogP contribution in [0.25, 0.3) is 0 Å². The molecule has 0 nitrogen and oxygen atoms in total. The van der Waals surface area contributed by atoms with Crippen LogP contribution in [0.4, 0.5) is 8.78 Å². The number of benzene rings is 1. The first-order valence-corrected chi connectivity index (χ1v) is 2.96. The van der Waals surface area contributed by atoms with Gasteiger partial charge in [0, 0.05) is 0 Å². The summed E-state index contributed by atoms with van der Waals surface area (Å²) in [6.07, 6.45) is 0. The molecule has 1 aromatic rings. The lowest BCUT2D eigenvalue weighted by Gasteiger charge is -1.97. The molecule has 0 saturated carbocycles. The number of hydrogen-bond acceptors (Lipinski definition) is 0. The molecule has 0 amide bonds. The molecular formula is C7H4ClF2. The second-order valence-corrected chi connectivity index (χ2v) is 2.21. The van der Waals surface area contributed by atoms with Crippen LogP contribution in [0, 0.1) is 18.6 Å². The summed E-state index contributed by atoms with van der Waals surface area (Å²) in [6, 6.07) is 2.31. The van der Waals surface area contributed by atoms with E-state index in [4.69, 9.17) is 11.6 Å². The van der Waals surface area contributed by atoms with E-state index in [0.29, 0.717) is 0 Å². The van der Waals surface area contributed by atoms with Crippen molar-refractivity contribution < 1.29 is 8.78 Å². The Morgan fingerprint density at radius 3 is 2.40 bits per heavy atom. The van der Waals surface area contributed by atoms with Crippen molar-refractivity contribution in [1.29, 1.82) is 0 Å². The van der Waals surface area contributed by atoms with Crippen molar-refractivity contribution in [3.8, 4) is 0 Å². The molecule has 3 heteroatoms. The summed E-state index contributed by atoms with van der Waals surface area (Å²) in [5.74, 6) is -1.55. The van der Waals surface area contributed by atoms with Crippen molar-refractivity contribution in [2.75, 3.05) is 0 Å². The average molecular weight is 162 g/mol. The van der Waals surface area contributed by atoms with Gasteiger partial charge in [-0.1, -0.05) is 17.7 Å². The van der Waals surface area contributed by atoms with Crippen LogP contribution in [0.1, 0.15) is 5.56 Å². The van der Waals surface area contributed by atoms with Crippen molar-refractivity contribution in [3.63, 3.8) is 0 Å². The van der Waals surface area contributed by atoms with Gasteiger partial charge in [0.1, 0.15) is 16.7 Å². The van der Waals surface area contributed by atoms with E-state index in [9.17, 15) is 8.78 Å². The highest BCUT2D eigenvalue weighted by Gasteiger charge is 2.07. The van der Waals surface area contributed by atoms with E-state index in [2.05, 4.69) is 6.92 Å². The Kier molecular flexibility index (Phi) is 1.90. The molecule has 53 valence electrons. The molecule has 0 saturated heterocycles. The lowest BCUT2D eigenvalue weighted by atomic mass is 10.2. The van der Waals surface area contributed by atoms with Gasteiger partial charge >= 0.3 is 0 Å². The maximum Gasteiger partial charge on any atom is 0.147 e. The van der Waals surface area contributed by atoms with Crippen LogP contribution in [0.2, 0.25) is 5.02 Å². The Hall–Kier alpha value is -0.630. The SMILES string of the molecule is [CH2]c1ccc(F)c(Cl)c1F. The quantitative estimate of drug-likeness (QED) is 0.514. The zero-order valence-electron chi connectivity index (χ0n) is 5.00. The molecule has 0 spiro atoms. The molecule has 0 bridgehead atoms. The van der Waals surface area contributed by atoms with E-state index in [1.807, 2.05) is 0 Å². The Bertz CT molecular complexity index is 231. The van der Waals surface area contributed by atoms with E-state index in [1.165, 1.54) is 6.07 Å². The second-order valence-electron chi connectivity index (χ2n) is 1.83. The van der Waals surface area contributed by atoms with E-state index < -0.39 is 16.7 Å². The van der Waals surface area contributed by atoms with Gasteiger partial charge in [-0.3, -0.25) is 0 Å².